The van der Waals surface area contributed by atoms with Gasteiger partial charge in [0.1, 0.15) is 6.61 Å². The van der Waals surface area contributed by atoms with Gasteiger partial charge in [0.05, 0.1) is 13.2 Å². The minimum absolute atomic E-state index is 0.0312. The van der Waals surface area contributed by atoms with Crippen LogP contribution in [0.3, 0.4) is 0 Å². The number of nitrogens with one attached hydrogen (secondary N) is 1. The molecule has 1 aliphatic heterocycles. The van der Waals surface area contributed by atoms with Crippen LogP contribution in [0.1, 0.15) is 49.1 Å². The first kappa shape index (κ1) is 24.7. The van der Waals surface area contributed by atoms with Crippen LogP contribution in [0.5, 0.6) is 0 Å². The molecule has 0 radical (unpaired) electrons. The van der Waals surface area contributed by atoms with Crippen LogP contribution in [0.2, 0.25) is 0 Å². The number of amides is 2. The summed E-state index contributed by atoms with van der Waals surface area (Å²) in [4.78, 5) is 37.1. The third kappa shape index (κ3) is 6.19. The number of hydrogen-bond acceptors (Lipinski definition) is 5. The third-order valence-electron chi connectivity index (χ3n) is 6.63. The van der Waals surface area contributed by atoms with E-state index in [9.17, 15) is 14.4 Å². The van der Waals surface area contributed by atoms with E-state index in [0.29, 0.717) is 26.1 Å². The Balaban J connectivity index is 1.10. The average molecular weight is 481 g/mol. The fourth-order valence-corrected chi connectivity index (χ4v) is 4.78. The number of unbranched alkanes of at least 4 members (excludes halogenated alkanes) is 3. The molecule has 0 bridgehead atoms. The van der Waals surface area contributed by atoms with Crippen molar-refractivity contribution in [3.05, 3.63) is 59.7 Å². The van der Waals surface area contributed by atoms with Crippen molar-refractivity contribution in [2.75, 3.05) is 32.8 Å². The van der Waals surface area contributed by atoms with Crippen molar-refractivity contribution in [1.82, 2.24) is 10.2 Å². The lowest BCUT2D eigenvalue weighted by Crippen LogP contribution is -2.48. The number of nitrogens with zero attached hydrogens (tertiary/aromatic N) is 1. The van der Waals surface area contributed by atoms with E-state index in [1.54, 1.807) is 4.90 Å². The molecule has 0 saturated carbocycles. The Kier molecular flexibility index (Phi) is 8.36. The molecule has 2 aliphatic rings. The summed E-state index contributed by atoms with van der Waals surface area (Å²) in [7, 11) is 0. The Bertz CT molecular complexity index is 1010. The number of rotatable bonds is 10. The van der Waals surface area contributed by atoms with Crippen LogP contribution in [-0.2, 0) is 19.1 Å². The highest BCUT2D eigenvalue weighted by atomic mass is 16.5. The molecular weight excluding hydrogens is 448 g/mol. The van der Waals surface area contributed by atoms with E-state index in [0.717, 1.165) is 25.7 Å². The van der Waals surface area contributed by atoms with Crippen LogP contribution in [-0.4, -0.2) is 66.9 Å². The Morgan fingerprint density at radius 1 is 0.971 bits per heavy atom. The minimum Gasteiger partial charge on any atom is -0.479 e. The summed E-state index contributed by atoms with van der Waals surface area (Å²) in [6.07, 6.45) is 2.34. The van der Waals surface area contributed by atoms with Gasteiger partial charge in [-0.05, 0) is 35.1 Å². The van der Waals surface area contributed by atoms with Crippen molar-refractivity contribution in [3.8, 4) is 11.1 Å². The minimum atomic E-state index is -1.04. The molecule has 1 unspecified atom stereocenters. The number of morpholine rings is 1. The number of alkyl carbamates (subject to hydrolysis) is 1. The molecule has 1 aliphatic carbocycles. The number of carbonyl (C=O) groups excluding carboxylic acids is 2. The van der Waals surface area contributed by atoms with Gasteiger partial charge in [-0.15, -0.1) is 0 Å². The molecule has 2 amide bonds. The summed E-state index contributed by atoms with van der Waals surface area (Å²) in [6.45, 7) is 1.62. The number of ether oxygens (including phenoxy) is 2. The zero-order valence-corrected chi connectivity index (χ0v) is 19.8. The van der Waals surface area contributed by atoms with Crippen LogP contribution in [0.4, 0.5) is 4.79 Å². The third-order valence-corrected chi connectivity index (χ3v) is 6.63. The van der Waals surface area contributed by atoms with Crippen molar-refractivity contribution in [3.63, 3.8) is 0 Å². The van der Waals surface area contributed by atoms with E-state index in [1.807, 2.05) is 24.3 Å². The smallest absolute Gasteiger partial charge is 0.407 e. The number of fused-ring (bicyclic) bond motifs is 3. The highest BCUT2D eigenvalue weighted by molar-refractivity contribution is 5.79. The molecule has 2 aromatic carbocycles. The molecule has 186 valence electrons. The van der Waals surface area contributed by atoms with Crippen molar-refractivity contribution in [2.45, 2.75) is 44.1 Å². The molecule has 8 nitrogen and oxygen atoms in total. The lowest BCUT2D eigenvalue weighted by molar-refractivity contribution is -0.159. The molecule has 2 aromatic rings. The number of carboxylic acid groups (broad SMARTS) is 1. The SMILES string of the molecule is O=C(NCCCCCCC(=O)N1CCOC(C(=O)O)C1)OCC1c2ccccc2-c2ccccc21. The molecule has 4 rings (SSSR count). The Morgan fingerprint density at radius 3 is 2.31 bits per heavy atom. The Labute approximate surface area is 205 Å². The average Bonchev–Trinajstić information content (AvgIpc) is 3.20. The van der Waals surface area contributed by atoms with Gasteiger partial charge < -0.3 is 24.8 Å². The first-order chi connectivity index (χ1) is 17.0. The van der Waals surface area contributed by atoms with E-state index in [4.69, 9.17) is 14.6 Å². The highest BCUT2D eigenvalue weighted by Gasteiger charge is 2.29. The van der Waals surface area contributed by atoms with Gasteiger partial charge >= 0.3 is 12.1 Å². The Hall–Kier alpha value is -3.39. The molecule has 8 heteroatoms. The first-order valence-corrected chi connectivity index (χ1v) is 12.3. The molecule has 0 spiro atoms. The van der Waals surface area contributed by atoms with Gasteiger partial charge in [0.15, 0.2) is 6.10 Å². The van der Waals surface area contributed by atoms with Gasteiger partial charge in [0, 0.05) is 25.4 Å². The van der Waals surface area contributed by atoms with Crippen LogP contribution < -0.4 is 5.32 Å². The van der Waals surface area contributed by atoms with E-state index >= 15 is 0 Å². The fraction of sp³-hybridized carbons (Fsp3) is 0.444. The number of carboxylic acids is 1. The molecule has 2 N–H and O–H groups in total. The van der Waals surface area contributed by atoms with Gasteiger partial charge in [0.25, 0.3) is 0 Å². The molecule has 1 fully saturated rings. The van der Waals surface area contributed by atoms with Gasteiger partial charge in [-0.3, -0.25) is 4.79 Å². The van der Waals surface area contributed by atoms with Crippen LogP contribution in [0.25, 0.3) is 11.1 Å². The van der Waals surface area contributed by atoms with Gasteiger partial charge in [-0.25, -0.2) is 9.59 Å². The summed E-state index contributed by atoms with van der Waals surface area (Å²) >= 11 is 0. The summed E-state index contributed by atoms with van der Waals surface area (Å²) in [5.41, 5.74) is 4.77. The predicted molar refractivity (Wildman–Crippen MR) is 130 cm³/mol. The van der Waals surface area contributed by atoms with E-state index in [1.165, 1.54) is 22.3 Å². The summed E-state index contributed by atoms with van der Waals surface area (Å²) in [6, 6.07) is 16.5. The van der Waals surface area contributed by atoms with Crippen LogP contribution >= 0.6 is 0 Å². The summed E-state index contributed by atoms with van der Waals surface area (Å²) in [5.74, 6) is -1.02. The molecule has 1 saturated heterocycles. The molecule has 1 atom stereocenters. The number of carbonyl (C=O) groups is 3. The van der Waals surface area contributed by atoms with E-state index in [2.05, 4.69) is 29.6 Å². The maximum Gasteiger partial charge on any atom is 0.407 e. The Morgan fingerprint density at radius 2 is 1.63 bits per heavy atom. The molecular formula is C27H32N2O6. The van der Waals surface area contributed by atoms with E-state index < -0.39 is 18.2 Å². The lowest BCUT2D eigenvalue weighted by atomic mass is 9.98. The predicted octanol–water partition coefficient (Wildman–Crippen LogP) is 3.79. The largest absolute Gasteiger partial charge is 0.479 e. The molecule has 35 heavy (non-hydrogen) atoms. The fourth-order valence-electron chi connectivity index (χ4n) is 4.78. The number of aliphatic carboxylic acids is 1. The maximum atomic E-state index is 12.3. The van der Waals surface area contributed by atoms with Gasteiger partial charge in [-0.1, -0.05) is 61.4 Å². The van der Waals surface area contributed by atoms with Gasteiger partial charge in [-0.2, -0.15) is 0 Å². The van der Waals surface area contributed by atoms with Crippen LogP contribution in [0.15, 0.2) is 48.5 Å². The second kappa shape index (κ2) is 11.8. The number of hydrogen-bond donors (Lipinski definition) is 2. The maximum absolute atomic E-state index is 12.3. The van der Waals surface area contributed by atoms with Gasteiger partial charge in [0.2, 0.25) is 5.91 Å². The zero-order chi connectivity index (χ0) is 24.6. The summed E-state index contributed by atoms with van der Waals surface area (Å²) < 4.78 is 10.7. The monoisotopic (exact) mass is 480 g/mol. The second-order valence-electron chi connectivity index (χ2n) is 8.95. The standard InChI is InChI=1S/C27H32N2O6/c30-25(29-15-16-34-24(17-29)26(31)32)13-3-1-2-8-14-28-27(33)35-18-23-21-11-6-4-9-19(21)20-10-5-7-12-22(20)23/h4-7,9-12,23-24H,1-3,8,13-18H2,(H,28,33)(H,31,32). The quantitative estimate of drug-likeness (QED) is 0.502. The normalized spacial score (nSPS) is 16.9. The van der Waals surface area contributed by atoms with Crippen LogP contribution in [0, 0.1) is 0 Å². The van der Waals surface area contributed by atoms with Crippen molar-refractivity contribution in [2.24, 2.45) is 0 Å². The lowest BCUT2D eigenvalue weighted by Gasteiger charge is -2.30. The van der Waals surface area contributed by atoms with Crippen molar-refractivity contribution >= 4 is 18.0 Å². The summed E-state index contributed by atoms with van der Waals surface area (Å²) in [5, 5.41) is 11.9. The van der Waals surface area contributed by atoms with Crippen molar-refractivity contribution in [1.29, 1.82) is 0 Å². The first-order valence-electron chi connectivity index (χ1n) is 12.3. The van der Waals surface area contributed by atoms with Crippen molar-refractivity contribution < 1.29 is 29.0 Å². The van der Waals surface area contributed by atoms with E-state index in [-0.39, 0.29) is 25.0 Å². The molecule has 1 heterocycles. The molecule has 0 aromatic heterocycles. The topological polar surface area (TPSA) is 105 Å². The highest BCUT2D eigenvalue weighted by Crippen LogP contribution is 2.44. The zero-order valence-electron chi connectivity index (χ0n) is 19.8. The number of benzene rings is 2. The second-order valence-corrected chi connectivity index (χ2v) is 8.95.